The van der Waals surface area contributed by atoms with Crippen LogP contribution in [0.5, 0.6) is 0 Å². The molecule has 0 aromatic carbocycles. The summed E-state index contributed by atoms with van der Waals surface area (Å²) in [5, 5.41) is 8.64. The van der Waals surface area contributed by atoms with Gasteiger partial charge in [-0.15, -0.1) is 0 Å². The zero-order valence-electron chi connectivity index (χ0n) is 6.77. The van der Waals surface area contributed by atoms with Gasteiger partial charge in [-0.25, -0.2) is 0 Å². The molecule has 2 aromatic rings. The van der Waals surface area contributed by atoms with Gasteiger partial charge in [0.25, 0.3) is 0 Å². The average Bonchev–Trinajstić information content (AvgIpc) is 2.71. The first-order chi connectivity index (χ1) is 6.40. The SMILES string of the molecule is N#Cc1cncc(-c2ccco2)c1. The number of furan rings is 1. The fourth-order valence-corrected chi connectivity index (χ4v) is 1.08. The molecule has 62 valence electrons. The molecule has 0 fully saturated rings. The maximum absolute atomic E-state index is 8.64. The van der Waals surface area contributed by atoms with Gasteiger partial charge in [0, 0.05) is 18.0 Å². The van der Waals surface area contributed by atoms with E-state index in [1.54, 1.807) is 24.6 Å². The van der Waals surface area contributed by atoms with Crippen LogP contribution in [-0.4, -0.2) is 4.98 Å². The van der Waals surface area contributed by atoms with Crippen molar-refractivity contribution >= 4 is 0 Å². The number of nitriles is 1. The predicted molar refractivity (Wildman–Crippen MR) is 46.7 cm³/mol. The molecule has 0 saturated carbocycles. The molecule has 13 heavy (non-hydrogen) atoms. The summed E-state index contributed by atoms with van der Waals surface area (Å²) in [6, 6.07) is 7.40. The zero-order valence-corrected chi connectivity index (χ0v) is 6.77. The normalized spacial score (nSPS) is 9.46. The van der Waals surface area contributed by atoms with E-state index in [0.717, 1.165) is 11.3 Å². The topological polar surface area (TPSA) is 49.8 Å². The molecule has 0 aliphatic carbocycles. The van der Waals surface area contributed by atoms with E-state index in [9.17, 15) is 0 Å². The standard InChI is InChI=1S/C10H6N2O/c11-5-8-4-9(7-12-6-8)10-2-1-3-13-10/h1-4,6-7H. The summed E-state index contributed by atoms with van der Waals surface area (Å²) in [5.74, 6) is 0.726. The highest BCUT2D eigenvalue weighted by Gasteiger charge is 2.01. The molecule has 2 aromatic heterocycles. The predicted octanol–water partition coefficient (Wildman–Crippen LogP) is 2.21. The number of hydrogen-bond donors (Lipinski definition) is 0. The number of nitrogens with zero attached hydrogens (tertiary/aromatic N) is 2. The largest absolute Gasteiger partial charge is 0.464 e. The molecule has 2 heterocycles. The average molecular weight is 170 g/mol. The Morgan fingerprint density at radius 3 is 3.00 bits per heavy atom. The van der Waals surface area contributed by atoms with Crippen molar-refractivity contribution in [3.63, 3.8) is 0 Å². The van der Waals surface area contributed by atoms with Crippen molar-refractivity contribution in [2.45, 2.75) is 0 Å². The molecule has 3 heteroatoms. The Kier molecular flexibility index (Phi) is 1.81. The molecule has 0 spiro atoms. The summed E-state index contributed by atoms with van der Waals surface area (Å²) in [5.41, 5.74) is 1.36. The van der Waals surface area contributed by atoms with Crippen LogP contribution in [0.25, 0.3) is 11.3 Å². The second-order valence-corrected chi connectivity index (χ2v) is 2.55. The first-order valence-electron chi connectivity index (χ1n) is 3.79. The van der Waals surface area contributed by atoms with Gasteiger partial charge >= 0.3 is 0 Å². The highest BCUT2D eigenvalue weighted by Crippen LogP contribution is 2.18. The van der Waals surface area contributed by atoms with Crippen molar-refractivity contribution in [1.82, 2.24) is 4.98 Å². The summed E-state index contributed by atoms with van der Waals surface area (Å²) >= 11 is 0. The Bertz CT molecular complexity index is 440. The summed E-state index contributed by atoms with van der Waals surface area (Å²) in [4.78, 5) is 3.93. The molecule has 0 radical (unpaired) electrons. The number of pyridine rings is 1. The van der Waals surface area contributed by atoms with Crippen molar-refractivity contribution in [2.75, 3.05) is 0 Å². The molecule has 3 nitrogen and oxygen atoms in total. The lowest BCUT2D eigenvalue weighted by Gasteiger charge is -1.94. The maximum atomic E-state index is 8.64. The molecule has 0 unspecified atom stereocenters. The van der Waals surface area contributed by atoms with Gasteiger partial charge in [-0.2, -0.15) is 5.26 Å². The summed E-state index contributed by atoms with van der Waals surface area (Å²) in [7, 11) is 0. The minimum atomic E-state index is 0.536. The fraction of sp³-hybridized carbons (Fsp3) is 0. The monoisotopic (exact) mass is 170 g/mol. The highest BCUT2D eigenvalue weighted by molar-refractivity contribution is 5.57. The molecule has 0 aliphatic rings. The van der Waals surface area contributed by atoms with Crippen molar-refractivity contribution in [3.05, 3.63) is 42.4 Å². The van der Waals surface area contributed by atoms with Crippen molar-refractivity contribution in [3.8, 4) is 17.4 Å². The molecule has 0 aliphatic heterocycles. The van der Waals surface area contributed by atoms with E-state index in [1.807, 2.05) is 12.1 Å². The minimum Gasteiger partial charge on any atom is -0.464 e. The van der Waals surface area contributed by atoms with E-state index in [0.29, 0.717) is 5.56 Å². The second-order valence-electron chi connectivity index (χ2n) is 2.55. The van der Waals surface area contributed by atoms with E-state index in [-0.39, 0.29) is 0 Å². The van der Waals surface area contributed by atoms with Gasteiger partial charge in [0.2, 0.25) is 0 Å². The lowest BCUT2D eigenvalue weighted by atomic mass is 10.2. The molecule has 0 saturated heterocycles. The van der Waals surface area contributed by atoms with Crippen LogP contribution in [0.3, 0.4) is 0 Å². The Morgan fingerprint density at radius 2 is 2.31 bits per heavy atom. The first kappa shape index (κ1) is 7.56. The second kappa shape index (κ2) is 3.11. The van der Waals surface area contributed by atoms with Gasteiger partial charge in [-0.3, -0.25) is 4.98 Å². The molecule has 2 rings (SSSR count). The molecule has 0 bridgehead atoms. The van der Waals surface area contributed by atoms with Crippen LogP contribution < -0.4 is 0 Å². The van der Waals surface area contributed by atoms with Crippen molar-refractivity contribution in [1.29, 1.82) is 5.26 Å². The third-order valence-corrected chi connectivity index (χ3v) is 1.67. The molecule has 0 N–H and O–H groups in total. The van der Waals surface area contributed by atoms with Crippen LogP contribution in [0.4, 0.5) is 0 Å². The molecular weight excluding hydrogens is 164 g/mol. The van der Waals surface area contributed by atoms with Gasteiger partial charge in [0.15, 0.2) is 0 Å². The van der Waals surface area contributed by atoms with E-state index >= 15 is 0 Å². The van der Waals surface area contributed by atoms with Gasteiger partial charge in [0.1, 0.15) is 11.8 Å². The lowest BCUT2D eigenvalue weighted by molar-refractivity contribution is 0.582. The first-order valence-corrected chi connectivity index (χ1v) is 3.79. The molecular formula is C10H6N2O. The lowest BCUT2D eigenvalue weighted by Crippen LogP contribution is -1.80. The Balaban J connectivity index is 2.49. The van der Waals surface area contributed by atoms with E-state index < -0.39 is 0 Å². The van der Waals surface area contributed by atoms with Crippen LogP contribution >= 0.6 is 0 Å². The Labute approximate surface area is 75.3 Å². The van der Waals surface area contributed by atoms with Gasteiger partial charge in [-0.1, -0.05) is 0 Å². The number of hydrogen-bond acceptors (Lipinski definition) is 3. The van der Waals surface area contributed by atoms with Crippen molar-refractivity contribution in [2.24, 2.45) is 0 Å². The van der Waals surface area contributed by atoms with E-state index in [4.69, 9.17) is 9.68 Å². The third kappa shape index (κ3) is 1.42. The van der Waals surface area contributed by atoms with Crippen LogP contribution in [0, 0.1) is 11.3 Å². The highest BCUT2D eigenvalue weighted by atomic mass is 16.3. The van der Waals surface area contributed by atoms with Crippen molar-refractivity contribution < 1.29 is 4.42 Å². The van der Waals surface area contributed by atoms with E-state index in [2.05, 4.69) is 4.98 Å². The van der Waals surface area contributed by atoms with Gasteiger partial charge in [0.05, 0.1) is 11.8 Å². The van der Waals surface area contributed by atoms with Gasteiger partial charge < -0.3 is 4.42 Å². The Hall–Kier alpha value is -2.08. The van der Waals surface area contributed by atoms with E-state index in [1.165, 1.54) is 6.20 Å². The summed E-state index contributed by atoms with van der Waals surface area (Å²) < 4.78 is 5.17. The van der Waals surface area contributed by atoms with Gasteiger partial charge in [-0.05, 0) is 18.2 Å². The molecule has 0 amide bonds. The summed E-state index contributed by atoms with van der Waals surface area (Å²) in [6.07, 6.45) is 4.78. The minimum absolute atomic E-state index is 0.536. The smallest absolute Gasteiger partial charge is 0.135 e. The zero-order chi connectivity index (χ0) is 9.10. The fourth-order valence-electron chi connectivity index (χ4n) is 1.08. The quantitative estimate of drug-likeness (QED) is 0.659. The number of aromatic nitrogens is 1. The molecule has 0 atom stereocenters. The maximum Gasteiger partial charge on any atom is 0.135 e. The summed E-state index contributed by atoms with van der Waals surface area (Å²) in [6.45, 7) is 0. The number of rotatable bonds is 1. The Morgan fingerprint density at radius 1 is 1.38 bits per heavy atom. The van der Waals surface area contributed by atoms with Crippen LogP contribution in [0.1, 0.15) is 5.56 Å². The van der Waals surface area contributed by atoms with Crippen LogP contribution in [0.15, 0.2) is 41.3 Å². The van der Waals surface area contributed by atoms with Crippen LogP contribution in [-0.2, 0) is 0 Å². The van der Waals surface area contributed by atoms with Crippen LogP contribution in [0.2, 0.25) is 0 Å². The third-order valence-electron chi connectivity index (χ3n) is 1.67.